The number of rotatable bonds is 3. The normalized spacial score (nSPS) is 9.38. The minimum atomic E-state index is 0.634. The SMILES string of the molecule is CN(C)c1ccc(N)cc1NC=O. The summed E-state index contributed by atoms with van der Waals surface area (Å²) in [7, 11) is 3.81. The van der Waals surface area contributed by atoms with Crippen LogP contribution in [0.25, 0.3) is 0 Å². The van der Waals surface area contributed by atoms with Crippen LogP contribution in [0.1, 0.15) is 0 Å². The van der Waals surface area contributed by atoms with E-state index in [1.54, 1.807) is 12.1 Å². The number of carbonyl (C=O) groups is 1. The number of amides is 1. The number of hydrogen-bond donors (Lipinski definition) is 2. The number of nitrogens with zero attached hydrogens (tertiary/aromatic N) is 1. The Morgan fingerprint density at radius 2 is 2.15 bits per heavy atom. The van der Waals surface area contributed by atoms with Crippen LogP contribution in [0.4, 0.5) is 17.1 Å². The van der Waals surface area contributed by atoms with E-state index in [1.807, 2.05) is 25.1 Å². The zero-order valence-electron chi connectivity index (χ0n) is 7.74. The Morgan fingerprint density at radius 1 is 1.46 bits per heavy atom. The minimum Gasteiger partial charge on any atom is -0.399 e. The average Bonchev–Trinajstić information content (AvgIpc) is 2.04. The van der Waals surface area contributed by atoms with Crippen molar-refractivity contribution in [1.82, 2.24) is 0 Å². The molecule has 0 saturated heterocycles. The molecule has 13 heavy (non-hydrogen) atoms. The highest BCUT2D eigenvalue weighted by atomic mass is 16.1. The van der Waals surface area contributed by atoms with E-state index >= 15 is 0 Å². The third kappa shape index (κ3) is 2.11. The van der Waals surface area contributed by atoms with Gasteiger partial charge in [-0.1, -0.05) is 0 Å². The van der Waals surface area contributed by atoms with Gasteiger partial charge in [0.1, 0.15) is 0 Å². The average molecular weight is 179 g/mol. The minimum absolute atomic E-state index is 0.634. The van der Waals surface area contributed by atoms with Crippen LogP contribution in [0.5, 0.6) is 0 Å². The Hall–Kier alpha value is -1.71. The van der Waals surface area contributed by atoms with Crippen molar-refractivity contribution in [2.24, 2.45) is 0 Å². The number of nitrogens with one attached hydrogen (secondary N) is 1. The summed E-state index contributed by atoms with van der Waals surface area (Å²) in [6, 6.07) is 5.39. The number of carbonyl (C=O) groups excluding carboxylic acids is 1. The molecule has 0 aromatic heterocycles. The van der Waals surface area contributed by atoms with Gasteiger partial charge in [0.25, 0.3) is 0 Å². The summed E-state index contributed by atoms with van der Waals surface area (Å²) in [5, 5.41) is 2.60. The summed E-state index contributed by atoms with van der Waals surface area (Å²) < 4.78 is 0. The van der Waals surface area contributed by atoms with Gasteiger partial charge in [0.05, 0.1) is 11.4 Å². The van der Waals surface area contributed by atoms with E-state index in [-0.39, 0.29) is 0 Å². The van der Waals surface area contributed by atoms with Crippen LogP contribution in [0.2, 0.25) is 0 Å². The second kappa shape index (κ2) is 3.80. The van der Waals surface area contributed by atoms with Crippen molar-refractivity contribution in [2.75, 3.05) is 30.0 Å². The maximum atomic E-state index is 10.3. The third-order valence-electron chi connectivity index (χ3n) is 1.72. The molecule has 3 N–H and O–H groups in total. The summed E-state index contributed by atoms with van der Waals surface area (Å²) in [6.45, 7) is 0. The largest absolute Gasteiger partial charge is 0.399 e. The topological polar surface area (TPSA) is 58.4 Å². The van der Waals surface area contributed by atoms with E-state index < -0.39 is 0 Å². The van der Waals surface area contributed by atoms with Gasteiger partial charge in [0.15, 0.2) is 0 Å². The molecule has 1 aromatic rings. The fourth-order valence-electron chi connectivity index (χ4n) is 1.12. The van der Waals surface area contributed by atoms with E-state index in [9.17, 15) is 4.79 Å². The van der Waals surface area contributed by atoms with Crippen LogP contribution in [0.3, 0.4) is 0 Å². The standard InChI is InChI=1S/C9H13N3O/c1-12(2)9-4-3-7(10)5-8(9)11-6-13/h3-6H,10H2,1-2H3,(H,11,13). The molecule has 0 aliphatic rings. The molecule has 0 saturated carbocycles. The molecule has 0 unspecified atom stereocenters. The Morgan fingerprint density at radius 3 is 2.69 bits per heavy atom. The van der Waals surface area contributed by atoms with Crippen LogP contribution < -0.4 is 16.0 Å². The van der Waals surface area contributed by atoms with Crippen molar-refractivity contribution in [2.45, 2.75) is 0 Å². The third-order valence-corrected chi connectivity index (χ3v) is 1.72. The molecule has 4 nitrogen and oxygen atoms in total. The molecular formula is C9H13N3O. The molecule has 0 aliphatic carbocycles. The molecule has 0 atom stereocenters. The Kier molecular flexibility index (Phi) is 2.74. The maximum Gasteiger partial charge on any atom is 0.211 e. The van der Waals surface area contributed by atoms with E-state index in [2.05, 4.69) is 5.32 Å². The van der Waals surface area contributed by atoms with Gasteiger partial charge in [0.2, 0.25) is 6.41 Å². The number of hydrogen-bond acceptors (Lipinski definition) is 3. The molecule has 4 heteroatoms. The molecule has 70 valence electrons. The highest BCUT2D eigenvalue weighted by molar-refractivity contribution is 5.83. The number of nitrogens with two attached hydrogens (primary N) is 1. The lowest BCUT2D eigenvalue weighted by Gasteiger charge is -2.16. The molecule has 0 heterocycles. The first kappa shape index (κ1) is 9.38. The van der Waals surface area contributed by atoms with Crippen LogP contribution in [-0.2, 0) is 4.79 Å². The zero-order chi connectivity index (χ0) is 9.84. The molecule has 1 amide bonds. The molecule has 1 rings (SSSR count). The highest BCUT2D eigenvalue weighted by Gasteiger charge is 2.03. The quantitative estimate of drug-likeness (QED) is 0.535. The van der Waals surface area contributed by atoms with Crippen molar-refractivity contribution in [1.29, 1.82) is 0 Å². The predicted molar refractivity (Wildman–Crippen MR) is 54.9 cm³/mol. The number of nitrogen functional groups attached to an aromatic ring is 1. The van der Waals surface area contributed by atoms with Crippen LogP contribution >= 0.6 is 0 Å². The number of anilines is 3. The lowest BCUT2D eigenvalue weighted by atomic mass is 10.2. The van der Waals surface area contributed by atoms with Gasteiger partial charge >= 0.3 is 0 Å². The van der Waals surface area contributed by atoms with Gasteiger partial charge in [-0.3, -0.25) is 4.79 Å². The smallest absolute Gasteiger partial charge is 0.211 e. The fourth-order valence-corrected chi connectivity index (χ4v) is 1.12. The van der Waals surface area contributed by atoms with Gasteiger partial charge in [0, 0.05) is 19.8 Å². The lowest BCUT2D eigenvalue weighted by molar-refractivity contribution is -0.105. The second-order valence-electron chi connectivity index (χ2n) is 2.93. The molecule has 0 spiro atoms. The fraction of sp³-hybridized carbons (Fsp3) is 0.222. The van der Waals surface area contributed by atoms with Crippen molar-refractivity contribution in [3.05, 3.63) is 18.2 Å². The molecular weight excluding hydrogens is 166 g/mol. The monoisotopic (exact) mass is 179 g/mol. The van der Waals surface area contributed by atoms with E-state index in [1.165, 1.54) is 0 Å². The summed E-state index contributed by atoms with van der Waals surface area (Å²) in [4.78, 5) is 12.2. The first-order valence-corrected chi connectivity index (χ1v) is 3.92. The number of benzene rings is 1. The Labute approximate surface area is 77.3 Å². The van der Waals surface area contributed by atoms with Crippen LogP contribution in [0.15, 0.2) is 18.2 Å². The van der Waals surface area contributed by atoms with E-state index in [0.29, 0.717) is 12.1 Å². The van der Waals surface area contributed by atoms with Gasteiger partial charge in [-0.05, 0) is 18.2 Å². The van der Waals surface area contributed by atoms with Crippen LogP contribution in [-0.4, -0.2) is 20.5 Å². The van der Waals surface area contributed by atoms with Gasteiger partial charge in [-0.2, -0.15) is 0 Å². The summed E-state index contributed by atoms with van der Waals surface area (Å²) >= 11 is 0. The second-order valence-corrected chi connectivity index (χ2v) is 2.93. The molecule has 0 radical (unpaired) electrons. The van der Waals surface area contributed by atoms with Gasteiger partial charge < -0.3 is 16.0 Å². The van der Waals surface area contributed by atoms with Gasteiger partial charge in [-0.15, -0.1) is 0 Å². The first-order chi connectivity index (χ1) is 6.15. The molecule has 0 aliphatic heterocycles. The first-order valence-electron chi connectivity index (χ1n) is 3.92. The molecule has 0 fully saturated rings. The van der Waals surface area contributed by atoms with Crippen molar-refractivity contribution in [3.63, 3.8) is 0 Å². The van der Waals surface area contributed by atoms with Crippen molar-refractivity contribution < 1.29 is 4.79 Å². The Bertz CT molecular complexity index is 310. The summed E-state index contributed by atoms with van der Waals surface area (Å²) in [5.41, 5.74) is 7.87. The van der Waals surface area contributed by atoms with E-state index in [4.69, 9.17) is 5.73 Å². The Balaban J connectivity index is 3.10. The highest BCUT2D eigenvalue weighted by Crippen LogP contribution is 2.25. The van der Waals surface area contributed by atoms with Crippen molar-refractivity contribution in [3.8, 4) is 0 Å². The van der Waals surface area contributed by atoms with E-state index in [0.717, 1.165) is 11.4 Å². The van der Waals surface area contributed by atoms with Gasteiger partial charge in [-0.25, -0.2) is 0 Å². The summed E-state index contributed by atoms with van der Waals surface area (Å²) in [6.07, 6.45) is 0.641. The van der Waals surface area contributed by atoms with Crippen LogP contribution in [0, 0.1) is 0 Å². The molecule has 1 aromatic carbocycles. The zero-order valence-corrected chi connectivity index (χ0v) is 7.74. The summed E-state index contributed by atoms with van der Waals surface area (Å²) in [5.74, 6) is 0. The maximum absolute atomic E-state index is 10.3. The molecule has 0 bridgehead atoms. The predicted octanol–water partition coefficient (Wildman–Crippen LogP) is 0.903. The van der Waals surface area contributed by atoms with Crippen molar-refractivity contribution >= 4 is 23.5 Å². The lowest BCUT2D eigenvalue weighted by Crippen LogP contribution is -2.11.